The first-order valence-corrected chi connectivity index (χ1v) is 9.43. The number of ether oxygens (including phenoxy) is 3. The predicted octanol–water partition coefficient (Wildman–Crippen LogP) is 5.14. The minimum Gasteiger partial charge on any atom is -0.494 e. The van der Waals surface area contributed by atoms with Crippen molar-refractivity contribution in [1.82, 2.24) is 0 Å². The molecule has 2 aromatic carbocycles. The maximum absolute atomic E-state index is 5.75. The van der Waals surface area contributed by atoms with Crippen molar-refractivity contribution in [2.75, 3.05) is 31.7 Å². The second-order valence-electron chi connectivity index (χ2n) is 6.60. The van der Waals surface area contributed by atoms with Crippen LogP contribution in [0.5, 0.6) is 11.5 Å². The van der Waals surface area contributed by atoms with Gasteiger partial charge in [-0.15, -0.1) is 0 Å². The van der Waals surface area contributed by atoms with Gasteiger partial charge in [-0.3, -0.25) is 0 Å². The third kappa shape index (κ3) is 7.79. The highest BCUT2D eigenvalue weighted by molar-refractivity contribution is 5.47. The Labute approximate surface area is 157 Å². The zero-order chi connectivity index (χ0) is 18.6. The van der Waals surface area contributed by atoms with Gasteiger partial charge >= 0.3 is 0 Å². The van der Waals surface area contributed by atoms with Crippen LogP contribution < -0.4 is 14.8 Å². The number of anilines is 1. The van der Waals surface area contributed by atoms with Crippen LogP contribution in [0.15, 0.2) is 48.5 Å². The molecule has 2 rings (SSSR count). The van der Waals surface area contributed by atoms with Crippen LogP contribution in [0.1, 0.15) is 32.8 Å². The average molecular weight is 357 g/mol. The van der Waals surface area contributed by atoms with Gasteiger partial charge in [0, 0.05) is 18.8 Å². The van der Waals surface area contributed by atoms with Crippen molar-refractivity contribution in [2.45, 2.75) is 33.7 Å². The molecule has 0 radical (unpaired) electrons. The van der Waals surface area contributed by atoms with Crippen molar-refractivity contribution in [2.24, 2.45) is 5.92 Å². The Morgan fingerprint density at radius 1 is 0.885 bits per heavy atom. The lowest BCUT2D eigenvalue weighted by Crippen LogP contribution is -2.06. The fourth-order valence-electron chi connectivity index (χ4n) is 2.39. The summed E-state index contributed by atoms with van der Waals surface area (Å²) in [7, 11) is 0. The van der Waals surface area contributed by atoms with Gasteiger partial charge in [0.15, 0.2) is 0 Å². The summed E-state index contributed by atoms with van der Waals surface area (Å²) in [6.45, 7) is 9.81. The maximum atomic E-state index is 5.75. The van der Waals surface area contributed by atoms with Crippen molar-refractivity contribution in [3.63, 3.8) is 0 Å². The van der Waals surface area contributed by atoms with Crippen LogP contribution in [0.3, 0.4) is 0 Å². The molecule has 1 N–H and O–H groups in total. The molecule has 0 aliphatic rings. The van der Waals surface area contributed by atoms with Crippen molar-refractivity contribution in [3.05, 3.63) is 54.1 Å². The minimum absolute atomic E-state index is 0.572. The standard InChI is InChI=1S/C22H31NO3/c1-4-24-14-15-26-22-7-5-6-19(16-22)17-23-20-8-10-21(11-9-20)25-13-12-18(2)3/h5-11,16,18,23H,4,12-15,17H2,1-3H3. The van der Waals surface area contributed by atoms with E-state index in [9.17, 15) is 0 Å². The molecular weight excluding hydrogens is 326 g/mol. The van der Waals surface area contributed by atoms with Crippen molar-refractivity contribution >= 4 is 5.69 Å². The second kappa shape index (κ2) is 11.4. The Kier molecular flexibility index (Phi) is 8.84. The Morgan fingerprint density at radius 2 is 1.65 bits per heavy atom. The van der Waals surface area contributed by atoms with E-state index in [1.807, 2.05) is 43.3 Å². The smallest absolute Gasteiger partial charge is 0.119 e. The molecule has 0 unspecified atom stereocenters. The number of rotatable bonds is 12. The molecule has 0 aliphatic carbocycles. The third-order valence-electron chi connectivity index (χ3n) is 3.91. The molecule has 4 nitrogen and oxygen atoms in total. The molecule has 4 heteroatoms. The fourth-order valence-corrected chi connectivity index (χ4v) is 2.39. The monoisotopic (exact) mass is 357 g/mol. The molecule has 0 fully saturated rings. The summed E-state index contributed by atoms with van der Waals surface area (Å²) in [5, 5.41) is 3.43. The van der Waals surface area contributed by atoms with Crippen LogP contribution >= 0.6 is 0 Å². The topological polar surface area (TPSA) is 39.7 Å². The summed E-state index contributed by atoms with van der Waals surface area (Å²) in [5.41, 5.74) is 2.25. The van der Waals surface area contributed by atoms with E-state index in [-0.39, 0.29) is 0 Å². The molecule has 0 bridgehead atoms. The molecule has 142 valence electrons. The molecule has 0 saturated heterocycles. The predicted molar refractivity (Wildman–Crippen MR) is 107 cm³/mol. The molecule has 0 aromatic heterocycles. The Bertz CT molecular complexity index is 626. The first-order chi connectivity index (χ1) is 12.7. The summed E-state index contributed by atoms with van der Waals surface area (Å²) in [6, 6.07) is 16.2. The Hall–Kier alpha value is -2.20. The summed E-state index contributed by atoms with van der Waals surface area (Å²) < 4.78 is 16.7. The van der Waals surface area contributed by atoms with Gasteiger partial charge in [0.05, 0.1) is 13.2 Å². The highest BCUT2D eigenvalue weighted by Crippen LogP contribution is 2.18. The number of nitrogens with one attached hydrogen (secondary N) is 1. The molecular formula is C22H31NO3. The number of hydrogen-bond acceptors (Lipinski definition) is 4. The van der Waals surface area contributed by atoms with E-state index in [0.29, 0.717) is 19.1 Å². The van der Waals surface area contributed by atoms with E-state index in [1.54, 1.807) is 0 Å². The van der Waals surface area contributed by atoms with Gasteiger partial charge < -0.3 is 19.5 Å². The van der Waals surface area contributed by atoms with Crippen LogP contribution in [-0.4, -0.2) is 26.4 Å². The van der Waals surface area contributed by atoms with E-state index >= 15 is 0 Å². The van der Waals surface area contributed by atoms with E-state index in [0.717, 1.165) is 43.4 Å². The highest BCUT2D eigenvalue weighted by Gasteiger charge is 2.00. The normalized spacial score (nSPS) is 10.8. The first kappa shape index (κ1) is 20.1. The SMILES string of the molecule is CCOCCOc1cccc(CNc2ccc(OCCC(C)C)cc2)c1. The third-order valence-corrected chi connectivity index (χ3v) is 3.91. The van der Waals surface area contributed by atoms with E-state index in [1.165, 1.54) is 5.56 Å². The zero-order valence-corrected chi connectivity index (χ0v) is 16.2. The summed E-state index contributed by atoms with van der Waals surface area (Å²) in [4.78, 5) is 0. The second-order valence-corrected chi connectivity index (χ2v) is 6.60. The molecule has 26 heavy (non-hydrogen) atoms. The molecule has 2 aromatic rings. The zero-order valence-electron chi connectivity index (χ0n) is 16.2. The van der Waals surface area contributed by atoms with Crippen LogP contribution in [0.2, 0.25) is 0 Å². The summed E-state index contributed by atoms with van der Waals surface area (Å²) in [5.74, 6) is 2.45. The molecule has 0 atom stereocenters. The fraction of sp³-hybridized carbons (Fsp3) is 0.455. The van der Waals surface area contributed by atoms with Gasteiger partial charge in [-0.2, -0.15) is 0 Å². The highest BCUT2D eigenvalue weighted by atomic mass is 16.5. The van der Waals surface area contributed by atoms with Gasteiger partial charge in [0.1, 0.15) is 18.1 Å². The van der Waals surface area contributed by atoms with Crippen LogP contribution in [-0.2, 0) is 11.3 Å². The number of benzene rings is 2. The van der Waals surface area contributed by atoms with Gasteiger partial charge in [0.25, 0.3) is 0 Å². The van der Waals surface area contributed by atoms with Gasteiger partial charge in [-0.25, -0.2) is 0 Å². The molecule has 0 saturated carbocycles. The van der Waals surface area contributed by atoms with Gasteiger partial charge in [-0.1, -0.05) is 26.0 Å². The van der Waals surface area contributed by atoms with Crippen LogP contribution in [0, 0.1) is 5.92 Å². The quantitative estimate of drug-likeness (QED) is 0.534. The Morgan fingerprint density at radius 3 is 2.38 bits per heavy atom. The van der Waals surface area contributed by atoms with Crippen LogP contribution in [0.4, 0.5) is 5.69 Å². The van der Waals surface area contributed by atoms with Gasteiger partial charge in [-0.05, 0) is 61.2 Å². The van der Waals surface area contributed by atoms with E-state index in [4.69, 9.17) is 14.2 Å². The molecule has 0 spiro atoms. The van der Waals surface area contributed by atoms with Crippen molar-refractivity contribution in [3.8, 4) is 11.5 Å². The van der Waals surface area contributed by atoms with Crippen molar-refractivity contribution < 1.29 is 14.2 Å². The lowest BCUT2D eigenvalue weighted by Gasteiger charge is -2.11. The molecule has 0 heterocycles. The summed E-state index contributed by atoms with van der Waals surface area (Å²) >= 11 is 0. The molecule has 0 aliphatic heterocycles. The minimum atomic E-state index is 0.572. The first-order valence-electron chi connectivity index (χ1n) is 9.43. The van der Waals surface area contributed by atoms with E-state index in [2.05, 4.69) is 31.3 Å². The Balaban J connectivity index is 1.77. The van der Waals surface area contributed by atoms with Gasteiger partial charge in [0.2, 0.25) is 0 Å². The van der Waals surface area contributed by atoms with E-state index < -0.39 is 0 Å². The summed E-state index contributed by atoms with van der Waals surface area (Å²) in [6.07, 6.45) is 1.07. The van der Waals surface area contributed by atoms with Crippen molar-refractivity contribution in [1.29, 1.82) is 0 Å². The maximum Gasteiger partial charge on any atom is 0.119 e. The number of hydrogen-bond donors (Lipinski definition) is 1. The largest absolute Gasteiger partial charge is 0.494 e. The lowest BCUT2D eigenvalue weighted by atomic mass is 10.1. The molecule has 0 amide bonds. The van der Waals surface area contributed by atoms with Crippen LogP contribution in [0.25, 0.3) is 0 Å². The lowest BCUT2D eigenvalue weighted by molar-refractivity contribution is 0.110. The average Bonchev–Trinajstić information content (AvgIpc) is 2.65.